The second-order valence-corrected chi connectivity index (χ2v) is 3.55. The van der Waals surface area contributed by atoms with E-state index in [0.29, 0.717) is 24.5 Å². The van der Waals surface area contributed by atoms with E-state index >= 15 is 0 Å². The lowest BCUT2D eigenvalue weighted by molar-refractivity contribution is 0.110. The summed E-state index contributed by atoms with van der Waals surface area (Å²) >= 11 is 0. The number of aldehydes is 1. The summed E-state index contributed by atoms with van der Waals surface area (Å²) in [6.07, 6.45) is 1.53. The van der Waals surface area contributed by atoms with Gasteiger partial charge in [-0.25, -0.2) is 0 Å². The molecule has 1 fully saturated rings. The molecule has 1 aromatic rings. The summed E-state index contributed by atoms with van der Waals surface area (Å²) < 4.78 is 17.6. The van der Waals surface area contributed by atoms with Crippen LogP contribution in [0.4, 0.5) is 10.3 Å². The van der Waals surface area contributed by atoms with Crippen LogP contribution < -0.4 is 4.90 Å². The van der Waals surface area contributed by atoms with Gasteiger partial charge in [-0.3, -0.25) is 9.18 Å². The van der Waals surface area contributed by atoms with E-state index in [1.54, 1.807) is 12.1 Å². The predicted octanol–water partition coefficient (Wildman–Crippen LogP) is 1.89. The Morgan fingerprint density at radius 1 is 1.64 bits per heavy atom. The molecule has 2 rings (SSSR count). The maximum Gasteiger partial charge on any atom is 0.196 e. The quantitative estimate of drug-likeness (QED) is 0.694. The first kappa shape index (κ1) is 9.24. The van der Waals surface area contributed by atoms with Crippen molar-refractivity contribution in [3.63, 3.8) is 0 Å². The van der Waals surface area contributed by atoms with Crippen molar-refractivity contribution in [1.82, 2.24) is 0 Å². The molecule has 0 saturated carbocycles. The average molecular weight is 197 g/mol. The molecule has 0 radical (unpaired) electrons. The highest BCUT2D eigenvalue weighted by molar-refractivity contribution is 5.71. The van der Waals surface area contributed by atoms with Gasteiger partial charge >= 0.3 is 0 Å². The van der Waals surface area contributed by atoms with Crippen molar-refractivity contribution in [2.24, 2.45) is 5.92 Å². The zero-order chi connectivity index (χ0) is 9.97. The maximum absolute atomic E-state index is 12.3. The fourth-order valence-electron chi connectivity index (χ4n) is 1.73. The topological polar surface area (TPSA) is 33.5 Å². The van der Waals surface area contributed by atoms with Gasteiger partial charge in [-0.2, -0.15) is 0 Å². The third-order valence-electron chi connectivity index (χ3n) is 2.54. The van der Waals surface area contributed by atoms with Crippen LogP contribution in [0.1, 0.15) is 17.0 Å². The summed E-state index contributed by atoms with van der Waals surface area (Å²) in [6, 6.07) is 3.38. The van der Waals surface area contributed by atoms with Gasteiger partial charge in [0.2, 0.25) is 0 Å². The minimum Gasteiger partial charge on any atom is -0.438 e. The van der Waals surface area contributed by atoms with Gasteiger partial charge in [0.1, 0.15) is 0 Å². The summed E-state index contributed by atoms with van der Waals surface area (Å²) in [5, 5.41) is 0. The number of alkyl halides is 1. The largest absolute Gasteiger partial charge is 0.438 e. The molecule has 0 aliphatic carbocycles. The molecule has 1 aromatic heterocycles. The number of hydrogen-bond donors (Lipinski definition) is 0. The fraction of sp³-hybridized carbons (Fsp3) is 0.500. The molecule has 14 heavy (non-hydrogen) atoms. The number of nitrogens with zero attached hydrogens (tertiary/aromatic N) is 1. The lowest BCUT2D eigenvalue weighted by atomic mass is 10.1. The van der Waals surface area contributed by atoms with Crippen LogP contribution in [0.5, 0.6) is 0 Å². The van der Waals surface area contributed by atoms with Gasteiger partial charge in [0.05, 0.1) is 6.67 Å². The summed E-state index contributed by atoms with van der Waals surface area (Å²) in [7, 11) is 0. The highest BCUT2D eigenvalue weighted by Crippen LogP contribution is 2.25. The molecule has 0 aromatic carbocycles. The van der Waals surface area contributed by atoms with Crippen LogP contribution in [0.25, 0.3) is 0 Å². The Labute approximate surface area is 81.5 Å². The summed E-state index contributed by atoms with van der Waals surface area (Å²) in [5.41, 5.74) is 0. The molecule has 1 unspecified atom stereocenters. The van der Waals surface area contributed by atoms with Gasteiger partial charge in [0, 0.05) is 25.1 Å². The van der Waals surface area contributed by atoms with E-state index in [1.807, 2.05) is 4.90 Å². The van der Waals surface area contributed by atoms with Crippen molar-refractivity contribution >= 4 is 12.2 Å². The third-order valence-corrected chi connectivity index (χ3v) is 2.54. The van der Waals surface area contributed by atoms with Gasteiger partial charge in [0.25, 0.3) is 0 Å². The number of rotatable bonds is 3. The molecule has 0 spiro atoms. The Kier molecular flexibility index (Phi) is 2.52. The number of furan rings is 1. The second kappa shape index (κ2) is 3.82. The lowest BCUT2D eigenvalue weighted by Crippen LogP contribution is -2.19. The molecule has 0 N–H and O–H groups in total. The molecule has 1 aliphatic rings. The van der Waals surface area contributed by atoms with Crippen molar-refractivity contribution in [1.29, 1.82) is 0 Å². The van der Waals surface area contributed by atoms with E-state index in [-0.39, 0.29) is 12.6 Å². The first-order valence-corrected chi connectivity index (χ1v) is 4.69. The summed E-state index contributed by atoms with van der Waals surface area (Å²) in [4.78, 5) is 12.4. The summed E-state index contributed by atoms with van der Waals surface area (Å²) in [5.74, 6) is 1.10. The molecule has 0 amide bonds. The molecule has 1 atom stereocenters. The number of carbonyl (C=O) groups excluding carboxylic acids is 1. The Hall–Kier alpha value is -1.32. The van der Waals surface area contributed by atoms with Crippen LogP contribution in [-0.4, -0.2) is 26.1 Å². The minimum absolute atomic E-state index is 0.111. The van der Waals surface area contributed by atoms with Crippen molar-refractivity contribution < 1.29 is 13.6 Å². The van der Waals surface area contributed by atoms with Gasteiger partial charge in [-0.05, 0) is 12.5 Å². The van der Waals surface area contributed by atoms with E-state index in [9.17, 15) is 9.18 Å². The third kappa shape index (κ3) is 1.64. The van der Waals surface area contributed by atoms with E-state index < -0.39 is 0 Å². The minimum atomic E-state index is -0.280. The number of carbonyl (C=O) groups is 1. The van der Waals surface area contributed by atoms with Crippen molar-refractivity contribution in [3.05, 3.63) is 17.9 Å². The molecular formula is C10H12FNO2. The van der Waals surface area contributed by atoms with Gasteiger partial charge in [0.15, 0.2) is 17.9 Å². The molecule has 1 saturated heterocycles. The maximum atomic E-state index is 12.3. The fourth-order valence-corrected chi connectivity index (χ4v) is 1.73. The number of halogens is 1. The van der Waals surface area contributed by atoms with Crippen LogP contribution in [0.2, 0.25) is 0 Å². The van der Waals surface area contributed by atoms with Crippen LogP contribution in [0.15, 0.2) is 16.5 Å². The Bertz CT molecular complexity index is 324. The first-order valence-electron chi connectivity index (χ1n) is 4.69. The zero-order valence-corrected chi connectivity index (χ0v) is 7.78. The predicted molar refractivity (Wildman–Crippen MR) is 50.4 cm³/mol. The highest BCUT2D eigenvalue weighted by atomic mass is 19.1. The van der Waals surface area contributed by atoms with Gasteiger partial charge in [-0.1, -0.05) is 0 Å². The van der Waals surface area contributed by atoms with Gasteiger partial charge < -0.3 is 9.32 Å². The lowest BCUT2D eigenvalue weighted by Gasteiger charge is -2.13. The molecule has 1 aliphatic heterocycles. The van der Waals surface area contributed by atoms with E-state index in [2.05, 4.69) is 0 Å². The van der Waals surface area contributed by atoms with E-state index in [1.165, 1.54) is 0 Å². The second-order valence-electron chi connectivity index (χ2n) is 3.55. The van der Waals surface area contributed by atoms with E-state index in [0.717, 1.165) is 13.0 Å². The van der Waals surface area contributed by atoms with Gasteiger partial charge in [-0.15, -0.1) is 0 Å². The van der Waals surface area contributed by atoms with Crippen LogP contribution >= 0.6 is 0 Å². The smallest absolute Gasteiger partial charge is 0.196 e. The number of hydrogen-bond acceptors (Lipinski definition) is 3. The van der Waals surface area contributed by atoms with Crippen LogP contribution in [0.3, 0.4) is 0 Å². The molecular weight excluding hydrogens is 185 g/mol. The van der Waals surface area contributed by atoms with Crippen molar-refractivity contribution in [2.75, 3.05) is 24.7 Å². The molecule has 76 valence electrons. The first-order chi connectivity index (χ1) is 6.83. The SMILES string of the molecule is O=Cc1ccc(N2CCC(CF)C2)o1. The monoisotopic (exact) mass is 197 g/mol. The average Bonchev–Trinajstić information content (AvgIpc) is 2.86. The standard InChI is InChI=1S/C10H12FNO2/c11-5-8-3-4-12(6-8)10-2-1-9(7-13)14-10/h1-2,7-8H,3-6H2. The Morgan fingerprint density at radius 2 is 2.50 bits per heavy atom. The van der Waals surface area contributed by atoms with Crippen LogP contribution in [0, 0.1) is 5.92 Å². The zero-order valence-electron chi connectivity index (χ0n) is 7.78. The molecule has 2 heterocycles. The normalized spacial score (nSPS) is 21.5. The van der Waals surface area contributed by atoms with E-state index in [4.69, 9.17) is 4.42 Å². The summed E-state index contributed by atoms with van der Waals surface area (Å²) in [6.45, 7) is 1.21. The molecule has 0 bridgehead atoms. The Balaban J connectivity index is 2.05. The van der Waals surface area contributed by atoms with Crippen molar-refractivity contribution in [2.45, 2.75) is 6.42 Å². The van der Waals surface area contributed by atoms with Crippen LogP contribution in [-0.2, 0) is 0 Å². The molecule has 4 heteroatoms. The molecule has 3 nitrogen and oxygen atoms in total. The highest BCUT2D eigenvalue weighted by Gasteiger charge is 2.24. The van der Waals surface area contributed by atoms with Crippen molar-refractivity contribution in [3.8, 4) is 0 Å². The number of anilines is 1. The Morgan fingerprint density at radius 3 is 3.07 bits per heavy atom.